The van der Waals surface area contributed by atoms with Gasteiger partial charge in [0.15, 0.2) is 0 Å². The van der Waals surface area contributed by atoms with Gasteiger partial charge in [0, 0.05) is 18.9 Å². The molecule has 0 fully saturated rings. The highest BCUT2D eigenvalue weighted by Gasteiger charge is 2.13. The van der Waals surface area contributed by atoms with Gasteiger partial charge in [-0.05, 0) is 72.1 Å². The van der Waals surface area contributed by atoms with Crippen molar-refractivity contribution in [1.82, 2.24) is 9.78 Å². The van der Waals surface area contributed by atoms with E-state index in [1.165, 1.54) is 22.3 Å². The fraction of sp³-hybridized carbons (Fsp3) is 0.391. The van der Waals surface area contributed by atoms with E-state index in [1.807, 2.05) is 17.9 Å². The summed E-state index contributed by atoms with van der Waals surface area (Å²) >= 11 is 0. The van der Waals surface area contributed by atoms with Crippen LogP contribution in [0.2, 0.25) is 0 Å². The van der Waals surface area contributed by atoms with Crippen molar-refractivity contribution in [2.45, 2.75) is 46.5 Å². The van der Waals surface area contributed by atoms with Crippen LogP contribution in [-0.2, 0) is 24.7 Å². The molecule has 27 heavy (non-hydrogen) atoms. The maximum absolute atomic E-state index is 11.0. The third-order valence-corrected chi connectivity index (χ3v) is 5.22. The van der Waals surface area contributed by atoms with Crippen molar-refractivity contribution in [3.63, 3.8) is 0 Å². The number of fused-ring (bicyclic) bond motifs is 1. The van der Waals surface area contributed by atoms with Crippen LogP contribution in [0.15, 0.2) is 36.5 Å². The quantitative estimate of drug-likeness (QED) is 0.630. The van der Waals surface area contributed by atoms with Crippen molar-refractivity contribution < 1.29 is 9.90 Å². The second-order valence-corrected chi connectivity index (χ2v) is 7.80. The van der Waals surface area contributed by atoms with Crippen molar-refractivity contribution >= 4 is 16.9 Å². The molecule has 2 aromatic carbocycles. The first-order valence-electron chi connectivity index (χ1n) is 9.61. The van der Waals surface area contributed by atoms with Crippen molar-refractivity contribution in [1.29, 1.82) is 0 Å². The average Bonchev–Trinajstić information content (AvgIpc) is 2.99. The zero-order chi connectivity index (χ0) is 19.6. The minimum atomic E-state index is -0.753. The first-order valence-corrected chi connectivity index (χ1v) is 9.61. The lowest BCUT2D eigenvalue weighted by molar-refractivity contribution is -0.136. The fourth-order valence-electron chi connectivity index (χ4n) is 3.57. The summed E-state index contributed by atoms with van der Waals surface area (Å²) in [6.07, 6.45) is 4.78. The molecule has 1 heterocycles. The first kappa shape index (κ1) is 19.2. The molecule has 0 amide bonds. The van der Waals surface area contributed by atoms with Gasteiger partial charge in [0.2, 0.25) is 0 Å². The molecule has 0 radical (unpaired) electrons. The Labute approximate surface area is 160 Å². The minimum absolute atomic E-state index is 0.160. The molecule has 0 atom stereocenters. The lowest BCUT2D eigenvalue weighted by Gasteiger charge is -2.16. The van der Waals surface area contributed by atoms with E-state index >= 15 is 0 Å². The number of hydrogen-bond acceptors (Lipinski definition) is 2. The highest BCUT2D eigenvalue weighted by Crippen LogP contribution is 2.31. The number of nitrogens with zero attached hydrogens (tertiary/aromatic N) is 2. The van der Waals surface area contributed by atoms with E-state index in [4.69, 9.17) is 5.11 Å². The Morgan fingerprint density at radius 2 is 1.93 bits per heavy atom. The van der Waals surface area contributed by atoms with Gasteiger partial charge in [0.1, 0.15) is 0 Å². The van der Waals surface area contributed by atoms with Gasteiger partial charge in [-0.2, -0.15) is 5.10 Å². The van der Waals surface area contributed by atoms with E-state index in [0.29, 0.717) is 12.3 Å². The molecular weight excluding hydrogens is 336 g/mol. The van der Waals surface area contributed by atoms with Crippen LogP contribution in [0.4, 0.5) is 0 Å². The van der Waals surface area contributed by atoms with Crippen LogP contribution in [0.1, 0.15) is 43.4 Å². The summed E-state index contributed by atoms with van der Waals surface area (Å²) in [6.45, 7) is 6.58. The molecule has 0 spiro atoms. The van der Waals surface area contributed by atoms with Gasteiger partial charge in [-0.15, -0.1) is 0 Å². The van der Waals surface area contributed by atoms with Crippen LogP contribution in [0.25, 0.3) is 22.0 Å². The van der Waals surface area contributed by atoms with Gasteiger partial charge in [-0.3, -0.25) is 9.48 Å². The van der Waals surface area contributed by atoms with Crippen LogP contribution in [0, 0.1) is 12.8 Å². The van der Waals surface area contributed by atoms with E-state index in [9.17, 15) is 4.79 Å². The molecule has 4 nitrogen and oxygen atoms in total. The van der Waals surface area contributed by atoms with Gasteiger partial charge >= 0.3 is 5.97 Å². The predicted molar refractivity (Wildman–Crippen MR) is 110 cm³/mol. The number of aryl methyl sites for hydroxylation is 4. The average molecular weight is 364 g/mol. The van der Waals surface area contributed by atoms with Crippen LogP contribution >= 0.6 is 0 Å². The Hall–Kier alpha value is -2.62. The van der Waals surface area contributed by atoms with Gasteiger partial charge in [0.25, 0.3) is 0 Å². The monoisotopic (exact) mass is 364 g/mol. The van der Waals surface area contributed by atoms with Gasteiger partial charge in [-0.25, -0.2) is 0 Å². The highest BCUT2D eigenvalue weighted by molar-refractivity contribution is 5.85. The summed E-state index contributed by atoms with van der Waals surface area (Å²) in [4.78, 5) is 11.0. The van der Waals surface area contributed by atoms with Crippen molar-refractivity contribution in [2.75, 3.05) is 0 Å². The number of benzene rings is 2. The second kappa shape index (κ2) is 7.95. The van der Waals surface area contributed by atoms with E-state index in [0.717, 1.165) is 29.3 Å². The number of aliphatic carboxylic acids is 1. The smallest absolute Gasteiger partial charge is 0.303 e. The summed E-state index contributed by atoms with van der Waals surface area (Å²) in [5, 5.41) is 14.5. The van der Waals surface area contributed by atoms with E-state index < -0.39 is 5.97 Å². The molecule has 0 saturated heterocycles. The highest BCUT2D eigenvalue weighted by atomic mass is 16.4. The molecule has 0 aliphatic carbocycles. The van der Waals surface area contributed by atoms with Crippen molar-refractivity contribution in [3.8, 4) is 11.1 Å². The summed E-state index contributed by atoms with van der Waals surface area (Å²) in [6, 6.07) is 10.9. The second-order valence-electron chi connectivity index (χ2n) is 7.80. The zero-order valence-corrected chi connectivity index (χ0v) is 16.6. The molecule has 0 aliphatic heterocycles. The molecule has 0 saturated carbocycles. The van der Waals surface area contributed by atoms with Crippen LogP contribution in [-0.4, -0.2) is 20.9 Å². The Kier molecular flexibility index (Phi) is 5.64. The summed E-state index contributed by atoms with van der Waals surface area (Å²) in [5.41, 5.74) is 7.13. The minimum Gasteiger partial charge on any atom is -0.481 e. The largest absolute Gasteiger partial charge is 0.481 e. The van der Waals surface area contributed by atoms with Crippen molar-refractivity contribution in [3.05, 3.63) is 53.2 Å². The Balaban J connectivity index is 2.07. The molecule has 1 N–H and O–H groups in total. The van der Waals surface area contributed by atoms with E-state index in [1.54, 1.807) is 0 Å². The van der Waals surface area contributed by atoms with Gasteiger partial charge < -0.3 is 5.11 Å². The normalized spacial score (nSPS) is 11.4. The number of hydrogen-bond donors (Lipinski definition) is 1. The molecule has 1 aromatic heterocycles. The standard InChI is InChI=1S/C23H28N2O2/c1-15(2)5-6-18-11-16(3)17(8-10-23(26)27)13-21(18)19-7-9-22-20(12-19)14-24-25(22)4/h7,9,11-15H,5-6,8,10H2,1-4H3,(H,26,27). The van der Waals surface area contributed by atoms with Crippen molar-refractivity contribution in [2.24, 2.45) is 13.0 Å². The topological polar surface area (TPSA) is 55.1 Å². The molecule has 142 valence electrons. The Morgan fingerprint density at radius 1 is 1.15 bits per heavy atom. The summed E-state index contributed by atoms with van der Waals surface area (Å²) in [5.74, 6) is -0.109. The van der Waals surface area contributed by atoms with E-state index in [2.05, 4.69) is 56.2 Å². The third kappa shape index (κ3) is 4.38. The third-order valence-electron chi connectivity index (χ3n) is 5.22. The Morgan fingerprint density at radius 3 is 2.63 bits per heavy atom. The van der Waals surface area contributed by atoms with Gasteiger partial charge in [0.05, 0.1) is 11.7 Å². The number of carboxylic acid groups (broad SMARTS) is 1. The molecule has 0 aliphatic rings. The molecule has 3 rings (SSSR count). The van der Waals surface area contributed by atoms with Crippen LogP contribution in [0.5, 0.6) is 0 Å². The SMILES string of the molecule is Cc1cc(CCC(C)C)c(-c2ccc3c(cnn3C)c2)cc1CCC(=O)O. The summed E-state index contributed by atoms with van der Waals surface area (Å²) < 4.78 is 1.88. The number of carboxylic acids is 1. The summed E-state index contributed by atoms with van der Waals surface area (Å²) in [7, 11) is 1.95. The molecule has 0 unspecified atom stereocenters. The lowest BCUT2D eigenvalue weighted by Crippen LogP contribution is -2.02. The predicted octanol–water partition coefficient (Wildman–Crippen LogP) is 5.15. The maximum Gasteiger partial charge on any atom is 0.303 e. The Bertz CT molecular complexity index is 970. The fourth-order valence-corrected chi connectivity index (χ4v) is 3.57. The number of carbonyl (C=O) groups is 1. The van der Waals surface area contributed by atoms with Crippen LogP contribution in [0.3, 0.4) is 0 Å². The van der Waals surface area contributed by atoms with E-state index in [-0.39, 0.29) is 6.42 Å². The number of rotatable bonds is 7. The maximum atomic E-state index is 11.0. The zero-order valence-electron chi connectivity index (χ0n) is 16.6. The first-order chi connectivity index (χ1) is 12.8. The molecular formula is C23H28N2O2. The number of aromatic nitrogens is 2. The van der Waals surface area contributed by atoms with Gasteiger partial charge in [-0.1, -0.05) is 32.0 Å². The molecule has 0 bridgehead atoms. The van der Waals surface area contributed by atoms with Crippen LogP contribution < -0.4 is 0 Å². The molecule has 3 aromatic rings. The molecule has 4 heteroatoms. The lowest BCUT2D eigenvalue weighted by atomic mass is 9.89.